The van der Waals surface area contributed by atoms with Crippen LogP contribution >= 0.6 is 11.7 Å². The van der Waals surface area contributed by atoms with E-state index >= 15 is 0 Å². The number of sulfonamides is 1. The molecular formula is C14H20N4O2S2. The number of likely N-dealkylation sites (tertiary alicyclic amines) is 1. The highest BCUT2D eigenvalue weighted by molar-refractivity contribution is 7.89. The lowest BCUT2D eigenvalue weighted by Crippen LogP contribution is -2.31. The smallest absolute Gasteiger partial charge is 0.243 e. The Labute approximate surface area is 134 Å². The highest BCUT2D eigenvalue weighted by Gasteiger charge is 2.26. The van der Waals surface area contributed by atoms with E-state index in [0.29, 0.717) is 29.1 Å². The molecule has 1 aliphatic heterocycles. The molecule has 1 fully saturated rings. The summed E-state index contributed by atoms with van der Waals surface area (Å²) in [5.74, 6) is 0.378. The SMILES string of the molecule is CCN1CC[C@H](CNS(=O)(=O)c2c(C)ccc3nsnc23)C1. The first-order valence-electron chi connectivity index (χ1n) is 7.45. The summed E-state index contributed by atoms with van der Waals surface area (Å²) >= 11 is 1.04. The molecule has 1 N–H and O–H groups in total. The summed E-state index contributed by atoms with van der Waals surface area (Å²) in [5, 5.41) is 0. The van der Waals surface area contributed by atoms with E-state index in [1.165, 1.54) is 0 Å². The Morgan fingerprint density at radius 2 is 2.23 bits per heavy atom. The Hall–Kier alpha value is -1.09. The number of hydrogen-bond donors (Lipinski definition) is 1. The van der Waals surface area contributed by atoms with Crippen molar-refractivity contribution in [3.63, 3.8) is 0 Å². The van der Waals surface area contributed by atoms with Gasteiger partial charge in [0.1, 0.15) is 15.9 Å². The van der Waals surface area contributed by atoms with Gasteiger partial charge in [-0.2, -0.15) is 8.75 Å². The number of nitrogens with one attached hydrogen (secondary N) is 1. The average Bonchev–Trinajstić information content (AvgIpc) is 3.13. The van der Waals surface area contributed by atoms with Crippen LogP contribution in [0.5, 0.6) is 0 Å². The molecule has 0 amide bonds. The molecule has 6 nitrogen and oxygen atoms in total. The van der Waals surface area contributed by atoms with Crippen molar-refractivity contribution in [1.82, 2.24) is 18.4 Å². The molecule has 1 saturated heterocycles. The number of benzene rings is 1. The van der Waals surface area contributed by atoms with E-state index in [0.717, 1.165) is 37.8 Å². The van der Waals surface area contributed by atoms with Crippen LogP contribution < -0.4 is 4.72 Å². The third kappa shape index (κ3) is 3.01. The zero-order valence-corrected chi connectivity index (χ0v) is 14.4. The second-order valence-electron chi connectivity index (χ2n) is 5.74. The van der Waals surface area contributed by atoms with Crippen LogP contribution in [0.25, 0.3) is 11.0 Å². The number of hydrogen-bond acceptors (Lipinski definition) is 6. The minimum Gasteiger partial charge on any atom is -0.303 e. The maximum Gasteiger partial charge on any atom is 0.243 e. The van der Waals surface area contributed by atoms with Gasteiger partial charge in [0.2, 0.25) is 10.0 Å². The van der Waals surface area contributed by atoms with Crippen LogP contribution in [0.4, 0.5) is 0 Å². The summed E-state index contributed by atoms with van der Waals surface area (Å²) in [6.07, 6.45) is 1.04. The lowest BCUT2D eigenvalue weighted by Gasteiger charge is -2.14. The van der Waals surface area contributed by atoms with Gasteiger partial charge < -0.3 is 4.90 Å². The second-order valence-corrected chi connectivity index (χ2v) is 7.98. The molecule has 0 radical (unpaired) electrons. The highest BCUT2D eigenvalue weighted by atomic mass is 32.2. The van der Waals surface area contributed by atoms with Crippen molar-refractivity contribution in [2.45, 2.75) is 25.2 Å². The van der Waals surface area contributed by atoms with Crippen molar-refractivity contribution >= 4 is 32.8 Å². The standard InChI is InChI=1S/C14H20N4O2S2/c1-3-18-7-6-11(9-18)8-15-22(19,20)14-10(2)4-5-12-13(14)17-21-16-12/h4-5,11,15H,3,6-9H2,1-2H3/t11-/m1/s1. The topological polar surface area (TPSA) is 75.2 Å². The van der Waals surface area contributed by atoms with Crippen molar-refractivity contribution in [2.24, 2.45) is 5.92 Å². The van der Waals surface area contributed by atoms with Gasteiger partial charge in [0, 0.05) is 13.1 Å². The number of aromatic nitrogens is 2. The summed E-state index contributed by atoms with van der Waals surface area (Å²) in [5.41, 5.74) is 1.81. The molecule has 3 rings (SSSR count). The molecule has 0 unspecified atom stereocenters. The van der Waals surface area contributed by atoms with Gasteiger partial charge in [-0.3, -0.25) is 0 Å². The van der Waals surface area contributed by atoms with Crippen LogP contribution in [-0.2, 0) is 10.0 Å². The lowest BCUT2D eigenvalue weighted by atomic mass is 10.1. The zero-order chi connectivity index (χ0) is 15.7. The quantitative estimate of drug-likeness (QED) is 0.895. The molecule has 2 heterocycles. The largest absolute Gasteiger partial charge is 0.303 e. The van der Waals surface area contributed by atoms with E-state index in [1.807, 2.05) is 6.07 Å². The summed E-state index contributed by atoms with van der Waals surface area (Å²) in [6, 6.07) is 3.59. The van der Waals surface area contributed by atoms with Crippen LogP contribution in [0.3, 0.4) is 0 Å². The van der Waals surface area contributed by atoms with E-state index in [4.69, 9.17) is 0 Å². The Morgan fingerprint density at radius 1 is 1.41 bits per heavy atom. The van der Waals surface area contributed by atoms with Crippen LogP contribution in [0.15, 0.2) is 17.0 Å². The lowest BCUT2D eigenvalue weighted by molar-refractivity contribution is 0.342. The molecule has 2 aromatic rings. The van der Waals surface area contributed by atoms with Crippen LogP contribution in [0.2, 0.25) is 0 Å². The molecule has 0 aliphatic carbocycles. The normalized spacial score (nSPS) is 20.0. The first kappa shape index (κ1) is 15.8. The van der Waals surface area contributed by atoms with Crippen molar-refractivity contribution in [1.29, 1.82) is 0 Å². The Balaban J connectivity index is 1.80. The van der Waals surface area contributed by atoms with Crippen LogP contribution in [0.1, 0.15) is 18.9 Å². The van der Waals surface area contributed by atoms with Gasteiger partial charge in [-0.25, -0.2) is 13.1 Å². The van der Waals surface area contributed by atoms with Gasteiger partial charge in [0.05, 0.1) is 11.7 Å². The molecule has 1 atom stereocenters. The van der Waals surface area contributed by atoms with Crippen LogP contribution in [-0.4, -0.2) is 48.2 Å². The molecule has 1 aromatic heterocycles. The summed E-state index contributed by atoms with van der Waals surface area (Å²) in [7, 11) is -3.56. The Bertz CT molecular complexity index is 772. The molecule has 1 aliphatic rings. The molecule has 120 valence electrons. The van der Waals surface area contributed by atoms with Gasteiger partial charge >= 0.3 is 0 Å². The van der Waals surface area contributed by atoms with E-state index < -0.39 is 10.0 Å². The molecule has 8 heteroatoms. The molecule has 22 heavy (non-hydrogen) atoms. The maximum absolute atomic E-state index is 12.7. The Kier molecular flexibility index (Phi) is 4.44. The Morgan fingerprint density at radius 3 is 2.95 bits per heavy atom. The number of aryl methyl sites for hydroxylation is 1. The third-order valence-corrected chi connectivity index (χ3v) is 6.37. The fourth-order valence-electron chi connectivity index (χ4n) is 2.93. The highest BCUT2D eigenvalue weighted by Crippen LogP contribution is 2.25. The van der Waals surface area contributed by atoms with E-state index in [2.05, 4.69) is 25.3 Å². The van der Waals surface area contributed by atoms with Gasteiger partial charge in [0.15, 0.2) is 0 Å². The molecule has 1 aromatic carbocycles. The number of rotatable bonds is 5. The maximum atomic E-state index is 12.7. The predicted octanol–water partition coefficient (Wildman–Crippen LogP) is 1.62. The van der Waals surface area contributed by atoms with Crippen LogP contribution in [0, 0.1) is 12.8 Å². The first-order valence-corrected chi connectivity index (χ1v) is 9.66. The summed E-state index contributed by atoms with van der Waals surface area (Å²) < 4.78 is 36.4. The van der Waals surface area contributed by atoms with Gasteiger partial charge in [-0.05, 0) is 44.0 Å². The minimum atomic E-state index is -3.56. The fraction of sp³-hybridized carbons (Fsp3) is 0.571. The predicted molar refractivity (Wildman–Crippen MR) is 87.6 cm³/mol. The second kappa shape index (κ2) is 6.19. The van der Waals surface area contributed by atoms with E-state index in [-0.39, 0.29) is 4.90 Å². The zero-order valence-electron chi connectivity index (χ0n) is 12.7. The van der Waals surface area contributed by atoms with Crippen molar-refractivity contribution < 1.29 is 8.42 Å². The van der Waals surface area contributed by atoms with Crippen molar-refractivity contribution in [3.05, 3.63) is 17.7 Å². The van der Waals surface area contributed by atoms with Gasteiger partial charge in [-0.15, -0.1) is 0 Å². The van der Waals surface area contributed by atoms with E-state index in [1.54, 1.807) is 13.0 Å². The first-order chi connectivity index (χ1) is 10.5. The molecule has 0 saturated carbocycles. The van der Waals surface area contributed by atoms with E-state index in [9.17, 15) is 8.42 Å². The molecular weight excluding hydrogens is 320 g/mol. The number of fused-ring (bicyclic) bond motifs is 1. The average molecular weight is 340 g/mol. The number of nitrogens with zero attached hydrogens (tertiary/aromatic N) is 3. The van der Waals surface area contributed by atoms with Crippen molar-refractivity contribution in [2.75, 3.05) is 26.2 Å². The minimum absolute atomic E-state index is 0.268. The van der Waals surface area contributed by atoms with Crippen molar-refractivity contribution in [3.8, 4) is 0 Å². The monoisotopic (exact) mass is 340 g/mol. The van der Waals surface area contributed by atoms with Gasteiger partial charge in [-0.1, -0.05) is 13.0 Å². The molecule has 0 bridgehead atoms. The summed E-state index contributed by atoms with van der Waals surface area (Å²) in [6.45, 7) is 7.43. The fourth-order valence-corrected chi connectivity index (χ4v) is 5.03. The third-order valence-electron chi connectivity index (χ3n) is 4.23. The molecule has 0 spiro atoms. The summed E-state index contributed by atoms with van der Waals surface area (Å²) in [4.78, 5) is 2.61. The van der Waals surface area contributed by atoms with Gasteiger partial charge in [0.25, 0.3) is 0 Å².